The number of anilines is 4. The third kappa shape index (κ3) is 3.37. The molecule has 0 amide bonds. The molecule has 0 saturated carbocycles. The molecular weight excluding hydrogens is 418 g/mol. The van der Waals surface area contributed by atoms with Gasteiger partial charge in [0.05, 0.1) is 27.8 Å². The highest BCUT2D eigenvalue weighted by Crippen LogP contribution is 2.31. The highest BCUT2D eigenvalue weighted by molar-refractivity contribution is 6.35. The van der Waals surface area contributed by atoms with E-state index in [0.717, 1.165) is 0 Å². The fourth-order valence-corrected chi connectivity index (χ4v) is 3.50. The molecule has 0 bridgehead atoms. The summed E-state index contributed by atoms with van der Waals surface area (Å²) in [7, 11) is 0. The Labute approximate surface area is 181 Å². The van der Waals surface area contributed by atoms with Crippen molar-refractivity contribution in [3.05, 3.63) is 63.7 Å². The van der Waals surface area contributed by atoms with E-state index in [1.165, 1.54) is 10.8 Å². The molecule has 0 saturated heterocycles. The second-order valence-corrected chi connectivity index (χ2v) is 6.83. The minimum atomic E-state index is -0.398. The van der Waals surface area contributed by atoms with Crippen LogP contribution in [0.5, 0.6) is 0 Å². The molecule has 0 atom stereocenters. The van der Waals surface area contributed by atoms with Crippen LogP contribution in [0.3, 0.4) is 0 Å². The summed E-state index contributed by atoms with van der Waals surface area (Å²) in [5.74, 6) is 0.164. The number of halogens is 1. The van der Waals surface area contributed by atoms with E-state index in [1.807, 2.05) is 13.0 Å². The summed E-state index contributed by atoms with van der Waals surface area (Å²) >= 11 is 6.31. The molecule has 0 aliphatic heterocycles. The summed E-state index contributed by atoms with van der Waals surface area (Å²) < 4.78 is 1.36. The molecule has 0 aliphatic rings. The van der Waals surface area contributed by atoms with Crippen LogP contribution in [-0.2, 0) is 0 Å². The second kappa shape index (κ2) is 7.89. The van der Waals surface area contributed by atoms with Gasteiger partial charge in [-0.25, -0.2) is 9.55 Å². The van der Waals surface area contributed by atoms with Crippen LogP contribution >= 0.6 is 11.6 Å². The van der Waals surface area contributed by atoms with Gasteiger partial charge in [-0.1, -0.05) is 17.7 Å². The van der Waals surface area contributed by atoms with E-state index >= 15 is 0 Å². The van der Waals surface area contributed by atoms with Crippen LogP contribution < -0.4 is 21.9 Å². The van der Waals surface area contributed by atoms with Crippen LogP contribution in [-0.4, -0.2) is 31.0 Å². The lowest BCUT2D eigenvalue weighted by molar-refractivity contribution is 0.856. The summed E-state index contributed by atoms with van der Waals surface area (Å²) in [6, 6.07) is 10.4. The highest BCUT2D eigenvalue weighted by Gasteiger charge is 2.24. The fraction of sp³-hybridized carbons (Fsp3) is 0.100. The summed E-state index contributed by atoms with van der Waals surface area (Å²) in [5.41, 5.74) is 12.2. The van der Waals surface area contributed by atoms with Gasteiger partial charge >= 0.3 is 0 Å². The number of rotatable bonds is 4. The van der Waals surface area contributed by atoms with Gasteiger partial charge in [0.15, 0.2) is 5.82 Å². The predicted molar refractivity (Wildman–Crippen MR) is 118 cm³/mol. The first-order valence-corrected chi connectivity index (χ1v) is 9.56. The molecule has 4 aromatic rings. The van der Waals surface area contributed by atoms with Crippen LogP contribution in [0.2, 0.25) is 5.02 Å². The lowest BCUT2D eigenvalue weighted by atomic mass is 10.2. The number of fused-ring (bicyclic) bond motifs is 1. The van der Waals surface area contributed by atoms with Crippen LogP contribution in [0.4, 0.5) is 23.5 Å². The van der Waals surface area contributed by atoms with Crippen molar-refractivity contribution in [2.24, 2.45) is 0 Å². The van der Waals surface area contributed by atoms with E-state index in [9.17, 15) is 10.1 Å². The molecule has 4 rings (SSSR count). The molecule has 0 aliphatic carbocycles. The minimum Gasteiger partial charge on any atom is -0.382 e. The zero-order chi connectivity index (χ0) is 22.1. The van der Waals surface area contributed by atoms with E-state index in [1.54, 1.807) is 41.4 Å². The number of benzene rings is 1. The van der Waals surface area contributed by atoms with Crippen LogP contribution in [0.25, 0.3) is 16.6 Å². The molecule has 0 fully saturated rings. The molecule has 1 aromatic carbocycles. The van der Waals surface area contributed by atoms with Crippen LogP contribution in [0, 0.1) is 11.3 Å². The molecule has 31 heavy (non-hydrogen) atoms. The van der Waals surface area contributed by atoms with Crippen molar-refractivity contribution < 1.29 is 0 Å². The summed E-state index contributed by atoms with van der Waals surface area (Å²) in [5, 5.41) is 10.2. The SMILES string of the molecule is CCN(c1nc(N)nc(N)c1C#N)c1nc2cccc(Cl)c2c(=O)n1-c1cccnc1. The lowest BCUT2D eigenvalue weighted by Gasteiger charge is -2.25. The normalized spacial score (nSPS) is 10.7. The zero-order valence-electron chi connectivity index (χ0n) is 16.3. The number of nitrogen functional groups attached to an aromatic ring is 2. The molecule has 3 aromatic heterocycles. The van der Waals surface area contributed by atoms with Gasteiger partial charge in [0.1, 0.15) is 17.5 Å². The molecule has 0 radical (unpaired) electrons. The average molecular weight is 434 g/mol. The van der Waals surface area contributed by atoms with Gasteiger partial charge < -0.3 is 11.5 Å². The Kier molecular flexibility index (Phi) is 5.10. The largest absolute Gasteiger partial charge is 0.382 e. The standard InChI is InChI=1S/C20H16ClN9O/c1-2-29(17-12(9-22)16(23)27-19(24)28-17)20-26-14-7-3-6-13(21)15(14)18(31)30(20)11-5-4-8-25-10-11/h3-8,10H,2H2,1H3,(H4,23,24,27,28). The van der Waals surface area contributed by atoms with E-state index in [4.69, 9.17) is 23.1 Å². The maximum atomic E-state index is 13.5. The molecule has 0 spiro atoms. The zero-order valence-corrected chi connectivity index (χ0v) is 17.1. The molecule has 0 unspecified atom stereocenters. The smallest absolute Gasteiger partial charge is 0.268 e. The average Bonchev–Trinajstić information content (AvgIpc) is 2.75. The van der Waals surface area contributed by atoms with Gasteiger partial charge in [-0.2, -0.15) is 15.2 Å². The Bertz CT molecular complexity index is 1400. The number of hydrogen-bond donors (Lipinski definition) is 2. The first-order valence-electron chi connectivity index (χ1n) is 9.18. The molecule has 10 nitrogen and oxygen atoms in total. The van der Waals surface area contributed by atoms with Gasteiger partial charge in [-0.3, -0.25) is 14.7 Å². The maximum absolute atomic E-state index is 13.5. The Morgan fingerprint density at radius 3 is 2.68 bits per heavy atom. The molecule has 3 heterocycles. The van der Waals surface area contributed by atoms with Crippen molar-refractivity contribution >= 4 is 46.0 Å². The number of hydrogen-bond acceptors (Lipinski definition) is 9. The summed E-state index contributed by atoms with van der Waals surface area (Å²) in [6.45, 7) is 2.11. The van der Waals surface area contributed by atoms with Gasteiger partial charge in [0, 0.05) is 12.7 Å². The molecule has 11 heteroatoms. The van der Waals surface area contributed by atoms with E-state index < -0.39 is 5.56 Å². The molecule has 4 N–H and O–H groups in total. The number of nitriles is 1. The Hall–Kier alpha value is -4.23. The van der Waals surface area contributed by atoms with Crippen molar-refractivity contribution in [3.63, 3.8) is 0 Å². The Balaban J connectivity index is 2.12. The van der Waals surface area contributed by atoms with Crippen LogP contribution in [0.1, 0.15) is 12.5 Å². The maximum Gasteiger partial charge on any atom is 0.268 e. The highest BCUT2D eigenvalue weighted by atomic mass is 35.5. The van der Waals surface area contributed by atoms with Crippen molar-refractivity contribution in [3.8, 4) is 11.8 Å². The quantitative estimate of drug-likeness (QED) is 0.493. The Morgan fingerprint density at radius 1 is 1.19 bits per heavy atom. The number of nitrogens with zero attached hydrogens (tertiary/aromatic N) is 7. The molecular formula is C20H16ClN9O. The third-order valence-electron chi connectivity index (χ3n) is 4.59. The van der Waals surface area contributed by atoms with Gasteiger partial charge in [-0.05, 0) is 31.2 Å². The predicted octanol–water partition coefficient (Wildman–Crippen LogP) is 2.42. The van der Waals surface area contributed by atoms with Crippen molar-refractivity contribution in [1.82, 2.24) is 24.5 Å². The van der Waals surface area contributed by atoms with Gasteiger partial charge in [-0.15, -0.1) is 0 Å². The first kappa shape index (κ1) is 20.1. The second-order valence-electron chi connectivity index (χ2n) is 6.42. The van der Waals surface area contributed by atoms with Crippen molar-refractivity contribution in [1.29, 1.82) is 5.26 Å². The monoisotopic (exact) mass is 433 g/mol. The molecule has 154 valence electrons. The fourth-order valence-electron chi connectivity index (χ4n) is 3.25. The van der Waals surface area contributed by atoms with Crippen molar-refractivity contribution in [2.45, 2.75) is 6.92 Å². The van der Waals surface area contributed by atoms with E-state index in [2.05, 4.69) is 19.9 Å². The van der Waals surface area contributed by atoms with Crippen molar-refractivity contribution in [2.75, 3.05) is 22.9 Å². The number of nitrogens with two attached hydrogens (primary N) is 2. The third-order valence-corrected chi connectivity index (χ3v) is 4.91. The summed E-state index contributed by atoms with van der Waals surface area (Å²) in [6.07, 6.45) is 3.11. The Morgan fingerprint density at radius 2 is 2.00 bits per heavy atom. The van der Waals surface area contributed by atoms with E-state index in [0.29, 0.717) is 17.7 Å². The van der Waals surface area contributed by atoms with E-state index in [-0.39, 0.29) is 39.5 Å². The minimum absolute atomic E-state index is 0.0224. The number of pyridine rings is 1. The van der Waals surface area contributed by atoms with Crippen LogP contribution in [0.15, 0.2) is 47.5 Å². The van der Waals surface area contributed by atoms with Gasteiger partial charge in [0.25, 0.3) is 5.56 Å². The summed E-state index contributed by atoms with van der Waals surface area (Å²) in [4.78, 5) is 32.0. The topological polar surface area (TPSA) is 153 Å². The number of aromatic nitrogens is 5. The van der Waals surface area contributed by atoms with Gasteiger partial charge in [0.2, 0.25) is 11.9 Å². The first-order chi connectivity index (χ1) is 15.0. The lowest BCUT2D eigenvalue weighted by Crippen LogP contribution is -2.31.